The highest BCUT2D eigenvalue weighted by Gasteiger charge is 2.34. The first-order valence-electron chi connectivity index (χ1n) is 9.03. The molecule has 0 saturated carbocycles. The van der Waals surface area contributed by atoms with Crippen LogP contribution in [-0.2, 0) is 19.6 Å². The van der Waals surface area contributed by atoms with Gasteiger partial charge in [0, 0.05) is 25.6 Å². The summed E-state index contributed by atoms with van der Waals surface area (Å²) < 4.78 is 26.6. The molecule has 1 heterocycles. The minimum Gasteiger partial charge on any atom is -0.324 e. The van der Waals surface area contributed by atoms with E-state index in [-0.39, 0.29) is 12.3 Å². The second-order valence-electron chi connectivity index (χ2n) is 6.87. The monoisotopic (exact) mass is 432 g/mol. The number of hydrogen-bond acceptors (Lipinski definition) is 6. The van der Waals surface area contributed by atoms with E-state index in [2.05, 4.69) is 5.32 Å². The van der Waals surface area contributed by atoms with Crippen LogP contribution in [0.2, 0.25) is 0 Å². The van der Waals surface area contributed by atoms with Crippen molar-refractivity contribution in [1.82, 2.24) is 4.31 Å². The number of nitro groups is 1. The highest BCUT2D eigenvalue weighted by Crippen LogP contribution is 2.32. The molecule has 2 amide bonds. The molecule has 158 valence electrons. The Morgan fingerprint density at radius 3 is 2.57 bits per heavy atom. The number of fused-ring (bicyclic) bond motifs is 1. The van der Waals surface area contributed by atoms with E-state index in [1.165, 1.54) is 24.1 Å². The molecule has 10 nitrogen and oxygen atoms in total. The van der Waals surface area contributed by atoms with Crippen molar-refractivity contribution in [3.8, 4) is 0 Å². The Morgan fingerprint density at radius 2 is 1.87 bits per heavy atom. The number of likely N-dealkylation sites (N-methyl/N-ethyl adjacent to an activating group) is 1. The maximum Gasteiger partial charge on any atom is 0.289 e. The Kier molecular flexibility index (Phi) is 5.85. The molecule has 1 aliphatic rings. The van der Waals surface area contributed by atoms with Crippen LogP contribution in [0.1, 0.15) is 13.3 Å². The zero-order valence-corrected chi connectivity index (χ0v) is 17.1. The lowest BCUT2D eigenvalue weighted by molar-refractivity contribution is -0.387. The van der Waals surface area contributed by atoms with Crippen molar-refractivity contribution in [2.24, 2.45) is 0 Å². The Bertz CT molecular complexity index is 1120. The van der Waals surface area contributed by atoms with Crippen LogP contribution in [-0.4, -0.2) is 49.1 Å². The van der Waals surface area contributed by atoms with Crippen LogP contribution >= 0.6 is 0 Å². The van der Waals surface area contributed by atoms with Crippen molar-refractivity contribution < 1.29 is 22.9 Å². The molecule has 2 aromatic carbocycles. The van der Waals surface area contributed by atoms with Gasteiger partial charge in [0.2, 0.25) is 21.8 Å². The first-order valence-corrected chi connectivity index (χ1v) is 10.5. The molecule has 1 aliphatic heterocycles. The van der Waals surface area contributed by atoms with Gasteiger partial charge in [-0.05, 0) is 25.1 Å². The quantitative estimate of drug-likeness (QED) is 0.568. The van der Waals surface area contributed by atoms with Crippen LogP contribution in [0.4, 0.5) is 17.1 Å². The lowest BCUT2D eigenvalue weighted by Gasteiger charge is -2.29. The van der Waals surface area contributed by atoms with Gasteiger partial charge in [0.25, 0.3) is 5.69 Å². The average molecular weight is 432 g/mol. The van der Waals surface area contributed by atoms with Crippen molar-refractivity contribution in [2.45, 2.75) is 24.3 Å². The predicted molar refractivity (Wildman–Crippen MR) is 110 cm³/mol. The molecule has 0 radical (unpaired) electrons. The SMILES string of the molecule is CC1CC(=O)Nc2ccccc2N1C(=O)CN(C)S(=O)(=O)c1ccccc1[N+](=O)[O-]. The Balaban J connectivity index is 1.92. The fourth-order valence-electron chi connectivity index (χ4n) is 3.31. The van der Waals surface area contributed by atoms with Crippen LogP contribution in [0.5, 0.6) is 0 Å². The zero-order chi connectivity index (χ0) is 22.1. The number of para-hydroxylation sites is 3. The van der Waals surface area contributed by atoms with E-state index in [4.69, 9.17) is 0 Å². The first kappa shape index (κ1) is 21.4. The molecule has 0 aliphatic carbocycles. The fourth-order valence-corrected chi connectivity index (χ4v) is 4.59. The van der Waals surface area contributed by atoms with Gasteiger partial charge in [0.05, 0.1) is 22.8 Å². The number of sulfonamides is 1. The van der Waals surface area contributed by atoms with Gasteiger partial charge in [-0.1, -0.05) is 24.3 Å². The average Bonchev–Trinajstić information content (AvgIpc) is 2.81. The van der Waals surface area contributed by atoms with Gasteiger partial charge in [0.15, 0.2) is 4.90 Å². The number of rotatable bonds is 5. The maximum atomic E-state index is 13.1. The molecule has 11 heteroatoms. The van der Waals surface area contributed by atoms with E-state index < -0.39 is 44.0 Å². The number of carbonyl (C=O) groups excluding carboxylic acids is 2. The summed E-state index contributed by atoms with van der Waals surface area (Å²) in [5, 5.41) is 13.9. The molecule has 0 aromatic heterocycles. The van der Waals surface area contributed by atoms with Crippen molar-refractivity contribution in [2.75, 3.05) is 23.8 Å². The molecule has 30 heavy (non-hydrogen) atoms. The summed E-state index contributed by atoms with van der Waals surface area (Å²) in [6, 6.07) is 11.2. The van der Waals surface area contributed by atoms with Crippen molar-refractivity contribution in [1.29, 1.82) is 0 Å². The van der Waals surface area contributed by atoms with Gasteiger partial charge in [-0.15, -0.1) is 0 Å². The summed E-state index contributed by atoms with van der Waals surface area (Å²) in [5.74, 6) is -0.817. The standard InChI is InChI=1S/C19H20N4O6S/c1-13-11-18(24)20-14-7-3-4-8-15(14)22(13)19(25)12-21(2)30(28,29)17-10-6-5-9-16(17)23(26)27/h3-10,13H,11-12H2,1-2H3,(H,20,24). The van der Waals surface area contributed by atoms with Crippen LogP contribution in [0.25, 0.3) is 0 Å². The summed E-state index contributed by atoms with van der Waals surface area (Å²) >= 11 is 0. The van der Waals surface area contributed by atoms with Crippen LogP contribution in [0.15, 0.2) is 53.4 Å². The normalized spacial score (nSPS) is 16.6. The van der Waals surface area contributed by atoms with Crippen molar-refractivity contribution >= 4 is 38.9 Å². The Labute approximate surface area is 173 Å². The van der Waals surface area contributed by atoms with Gasteiger partial charge < -0.3 is 10.2 Å². The van der Waals surface area contributed by atoms with Crippen LogP contribution in [0.3, 0.4) is 0 Å². The molecule has 2 aromatic rings. The number of hydrogen-bond donors (Lipinski definition) is 1. The predicted octanol–water partition coefficient (Wildman–Crippen LogP) is 1.98. The van der Waals surface area contributed by atoms with Gasteiger partial charge in [-0.2, -0.15) is 4.31 Å². The minimum atomic E-state index is -4.30. The van der Waals surface area contributed by atoms with Crippen LogP contribution < -0.4 is 10.2 Å². The third-order valence-corrected chi connectivity index (χ3v) is 6.59. The number of nitrogens with one attached hydrogen (secondary N) is 1. The number of nitrogens with zero attached hydrogens (tertiary/aromatic N) is 3. The van der Waals surface area contributed by atoms with E-state index in [0.29, 0.717) is 11.4 Å². The van der Waals surface area contributed by atoms with E-state index in [1.807, 2.05) is 0 Å². The highest BCUT2D eigenvalue weighted by atomic mass is 32.2. The molecule has 0 saturated heterocycles. The minimum absolute atomic E-state index is 0.0427. The lowest BCUT2D eigenvalue weighted by atomic mass is 10.1. The third-order valence-electron chi connectivity index (χ3n) is 4.74. The second kappa shape index (κ2) is 8.20. The molecule has 3 rings (SSSR count). The third kappa shape index (κ3) is 4.02. The summed E-state index contributed by atoms with van der Waals surface area (Å²) in [7, 11) is -3.12. The fraction of sp³-hybridized carbons (Fsp3) is 0.263. The van der Waals surface area contributed by atoms with Gasteiger partial charge >= 0.3 is 0 Å². The largest absolute Gasteiger partial charge is 0.324 e. The number of amides is 2. The van der Waals surface area contributed by atoms with E-state index >= 15 is 0 Å². The number of nitro benzene ring substituents is 1. The molecular formula is C19H20N4O6S. The molecule has 0 spiro atoms. The lowest BCUT2D eigenvalue weighted by Crippen LogP contribution is -2.45. The Hall–Kier alpha value is -3.31. The Morgan fingerprint density at radius 1 is 1.23 bits per heavy atom. The van der Waals surface area contributed by atoms with Crippen molar-refractivity contribution in [3.63, 3.8) is 0 Å². The van der Waals surface area contributed by atoms with E-state index in [1.54, 1.807) is 31.2 Å². The van der Waals surface area contributed by atoms with E-state index in [0.717, 1.165) is 16.4 Å². The summed E-state index contributed by atoms with van der Waals surface area (Å²) in [5.41, 5.74) is 0.335. The molecule has 1 unspecified atom stereocenters. The van der Waals surface area contributed by atoms with Gasteiger partial charge in [-0.25, -0.2) is 8.42 Å². The molecular weight excluding hydrogens is 412 g/mol. The van der Waals surface area contributed by atoms with Gasteiger partial charge in [-0.3, -0.25) is 19.7 Å². The second-order valence-corrected chi connectivity index (χ2v) is 8.88. The van der Waals surface area contributed by atoms with E-state index in [9.17, 15) is 28.1 Å². The summed E-state index contributed by atoms with van der Waals surface area (Å²) in [6.07, 6.45) is 0.0427. The van der Waals surface area contributed by atoms with Gasteiger partial charge in [0.1, 0.15) is 0 Å². The molecule has 0 fully saturated rings. The molecule has 1 atom stereocenters. The molecule has 0 bridgehead atoms. The summed E-state index contributed by atoms with van der Waals surface area (Å²) in [6.45, 7) is 1.14. The highest BCUT2D eigenvalue weighted by molar-refractivity contribution is 7.89. The molecule has 1 N–H and O–H groups in total. The first-order chi connectivity index (χ1) is 14.1. The van der Waals surface area contributed by atoms with Crippen LogP contribution in [0, 0.1) is 10.1 Å². The zero-order valence-electron chi connectivity index (χ0n) is 16.3. The van der Waals surface area contributed by atoms with Crippen molar-refractivity contribution in [3.05, 3.63) is 58.6 Å². The number of carbonyl (C=O) groups is 2. The maximum absolute atomic E-state index is 13.1. The number of anilines is 2. The number of benzene rings is 2. The smallest absolute Gasteiger partial charge is 0.289 e. The summed E-state index contributed by atoms with van der Waals surface area (Å²) in [4.78, 5) is 36.5. The topological polar surface area (TPSA) is 130 Å².